The Morgan fingerprint density at radius 1 is 1.00 bits per heavy atom. The number of fused-ring (bicyclic) bond motifs is 3. The van der Waals surface area contributed by atoms with Gasteiger partial charge in [-0.15, -0.1) is 0 Å². The van der Waals surface area contributed by atoms with Crippen LogP contribution in [0.2, 0.25) is 5.02 Å². The second kappa shape index (κ2) is 9.39. The third-order valence-electron chi connectivity index (χ3n) is 7.55. The van der Waals surface area contributed by atoms with Gasteiger partial charge in [-0.3, -0.25) is 14.9 Å². The number of likely N-dealkylation sites (tertiary alicyclic amines) is 1. The smallest absolute Gasteiger partial charge is 0.412 e. The van der Waals surface area contributed by atoms with Crippen molar-refractivity contribution in [2.45, 2.75) is 25.0 Å². The van der Waals surface area contributed by atoms with Crippen LogP contribution in [0.15, 0.2) is 48.7 Å². The second-order valence-corrected chi connectivity index (χ2v) is 10.1. The molecule has 0 unspecified atom stereocenters. The molecule has 4 heterocycles. The van der Waals surface area contributed by atoms with E-state index >= 15 is 0 Å². The van der Waals surface area contributed by atoms with Crippen LogP contribution in [0, 0.1) is 0 Å². The van der Waals surface area contributed by atoms with Gasteiger partial charge in [-0.05, 0) is 18.2 Å². The normalized spacial score (nSPS) is 18.9. The summed E-state index contributed by atoms with van der Waals surface area (Å²) in [4.78, 5) is 42.5. The molecule has 0 radical (unpaired) electrons. The molecule has 37 heavy (non-hydrogen) atoms. The Balaban J connectivity index is 1.25. The van der Waals surface area contributed by atoms with E-state index in [1.807, 2.05) is 34.9 Å². The first-order valence-electron chi connectivity index (χ1n) is 12.5. The van der Waals surface area contributed by atoms with E-state index in [2.05, 4.69) is 5.32 Å². The molecule has 0 bridgehead atoms. The zero-order valence-electron chi connectivity index (χ0n) is 20.2. The van der Waals surface area contributed by atoms with Crippen molar-refractivity contribution in [3.8, 4) is 0 Å². The quantitative estimate of drug-likeness (QED) is 0.564. The fraction of sp³-hybridized carbons (Fsp3) is 0.370. The van der Waals surface area contributed by atoms with Gasteiger partial charge >= 0.3 is 6.09 Å². The molecular weight excluding hydrogens is 496 g/mol. The van der Waals surface area contributed by atoms with Crippen molar-refractivity contribution < 1.29 is 23.9 Å². The zero-order chi connectivity index (χ0) is 25.6. The van der Waals surface area contributed by atoms with E-state index in [1.165, 1.54) is 0 Å². The molecule has 0 saturated carbocycles. The van der Waals surface area contributed by atoms with Gasteiger partial charge in [0.15, 0.2) is 0 Å². The van der Waals surface area contributed by atoms with Gasteiger partial charge in [-0.2, -0.15) is 0 Å². The van der Waals surface area contributed by atoms with Crippen molar-refractivity contribution >= 4 is 46.1 Å². The maximum Gasteiger partial charge on any atom is 0.412 e. The van der Waals surface area contributed by atoms with Gasteiger partial charge in [-0.25, -0.2) is 4.79 Å². The number of halogens is 1. The molecule has 1 aromatic heterocycles. The number of anilines is 1. The van der Waals surface area contributed by atoms with E-state index in [4.69, 9.17) is 21.1 Å². The first-order valence-corrected chi connectivity index (χ1v) is 12.8. The van der Waals surface area contributed by atoms with E-state index in [-0.39, 0.29) is 18.4 Å². The number of benzene rings is 2. The first-order chi connectivity index (χ1) is 17.9. The number of aromatic nitrogens is 1. The molecule has 3 aliphatic heterocycles. The van der Waals surface area contributed by atoms with Crippen molar-refractivity contribution in [1.29, 1.82) is 0 Å². The van der Waals surface area contributed by atoms with Gasteiger partial charge in [-0.1, -0.05) is 35.9 Å². The lowest BCUT2D eigenvalue weighted by Crippen LogP contribution is -2.49. The molecule has 0 atom stereocenters. The fourth-order valence-electron chi connectivity index (χ4n) is 5.59. The van der Waals surface area contributed by atoms with E-state index in [0.717, 1.165) is 22.2 Å². The van der Waals surface area contributed by atoms with Crippen LogP contribution in [0.1, 0.15) is 28.8 Å². The van der Waals surface area contributed by atoms with Crippen LogP contribution >= 0.6 is 11.6 Å². The number of hydrogen-bond donors (Lipinski definition) is 1. The van der Waals surface area contributed by atoms with Crippen molar-refractivity contribution in [3.05, 3.63) is 64.8 Å². The average Bonchev–Trinajstić information content (AvgIpc) is 3.26. The zero-order valence-corrected chi connectivity index (χ0v) is 21.0. The van der Waals surface area contributed by atoms with Gasteiger partial charge in [0.2, 0.25) is 5.91 Å². The molecule has 10 heteroatoms. The predicted molar refractivity (Wildman–Crippen MR) is 138 cm³/mol. The number of para-hydroxylation sites is 1. The lowest BCUT2D eigenvalue weighted by atomic mass is 9.82. The number of carbonyl (C=O) groups excluding carboxylic acids is 3. The number of piperidine rings is 1. The molecule has 1 spiro atoms. The van der Waals surface area contributed by atoms with Crippen LogP contribution in [0.5, 0.6) is 0 Å². The van der Waals surface area contributed by atoms with Gasteiger partial charge in [0, 0.05) is 61.2 Å². The number of amides is 3. The van der Waals surface area contributed by atoms with Crippen molar-refractivity contribution in [3.63, 3.8) is 0 Å². The van der Waals surface area contributed by atoms with Crippen LogP contribution in [0.4, 0.5) is 10.5 Å². The summed E-state index contributed by atoms with van der Waals surface area (Å²) in [7, 11) is 0. The van der Waals surface area contributed by atoms with Crippen LogP contribution in [0.25, 0.3) is 10.9 Å². The average molecular weight is 523 g/mol. The summed E-state index contributed by atoms with van der Waals surface area (Å²) in [6, 6.07) is 13.0. The SMILES string of the molecule is O=C1Nc2ccccc2C2(CCN(C(=O)c3cn(CC(=O)N4CCOCC4)c4cc(Cl)ccc34)CC2)O1. The maximum absolute atomic E-state index is 13.7. The number of nitrogens with one attached hydrogen (secondary N) is 1. The van der Waals surface area contributed by atoms with Gasteiger partial charge < -0.3 is 23.8 Å². The molecule has 3 amide bonds. The molecule has 2 fully saturated rings. The Kier molecular flexibility index (Phi) is 6.04. The summed E-state index contributed by atoms with van der Waals surface area (Å²) >= 11 is 6.28. The minimum atomic E-state index is -0.748. The van der Waals surface area contributed by atoms with Crippen LogP contribution in [0.3, 0.4) is 0 Å². The molecule has 0 aliphatic carbocycles. The summed E-state index contributed by atoms with van der Waals surface area (Å²) in [5, 5.41) is 4.06. The van der Waals surface area contributed by atoms with Crippen LogP contribution in [-0.4, -0.2) is 71.7 Å². The number of morpholine rings is 1. The molecule has 3 aliphatic rings. The van der Waals surface area contributed by atoms with Crippen LogP contribution < -0.4 is 5.32 Å². The molecular formula is C27H27ClN4O5. The Morgan fingerprint density at radius 3 is 2.54 bits per heavy atom. The summed E-state index contributed by atoms with van der Waals surface area (Å²) in [5.41, 5.74) is 2.21. The van der Waals surface area contributed by atoms with E-state index in [0.29, 0.717) is 62.8 Å². The van der Waals surface area contributed by atoms with Gasteiger partial charge in [0.1, 0.15) is 12.1 Å². The van der Waals surface area contributed by atoms with E-state index < -0.39 is 11.7 Å². The Hall–Kier alpha value is -3.56. The highest BCUT2D eigenvalue weighted by atomic mass is 35.5. The van der Waals surface area contributed by atoms with Crippen molar-refractivity contribution in [2.75, 3.05) is 44.7 Å². The highest BCUT2D eigenvalue weighted by Crippen LogP contribution is 2.43. The monoisotopic (exact) mass is 522 g/mol. The second-order valence-electron chi connectivity index (χ2n) is 9.67. The number of ether oxygens (including phenoxy) is 2. The summed E-state index contributed by atoms with van der Waals surface area (Å²) in [6.07, 6.45) is 2.29. The lowest BCUT2D eigenvalue weighted by molar-refractivity contribution is -0.135. The molecule has 3 aromatic rings. The molecule has 2 aromatic carbocycles. The molecule has 9 nitrogen and oxygen atoms in total. The van der Waals surface area contributed by atoms with Gasteiger partial charge in [0.05, 0.1) is 30.0 Å². The lowest BCUT2D eigenvalue weighted by Gasteiger charge is -2.44. The number of nitrogens with zero attached hydrogens (tertiary/aromatic N) is 3. The van der Waals surface area contributed by atoms with Crippen LogP contribution in [-0.2, 0) is 26.4 Å². The molecule has 2 saturated heterocycles. The maximum atomic E-state index is 13.7. The van der Waals surface area contributed by atoms with Crippen molar-refractivity contribution in [2.24, 2.45) is 0 Å². The number of rotatable bonds is 3. The van der Waals surface area contributed by atoms with Crippen molar-refractivity contribution in [1.82, 2.24) is 14.4 Å². The molecule has 1 N–H and O–H groups in total. The summed E-state index contributed by atoms with van der Waals surface area (Å²) in [5.74, 6) is -0.140. The van der Waals surface area contributed by atoms with Gasteiger partial charge in [0.25, 0.3) is 5.91 Å². The predicted octanol–water partition coefficient (Wildman–Crippen LogP) is 3.85. The summed E-state index contributed by atoms with van der Waals surface area (Å²) in [6.45, 7) is 3.17. The Labute approximate surface area is 218 Å². The standard InChI is InChI=1S/C27H27ClN4O5/c28-18-5-6-19-20(16-32(23(19)15-18)17-24(33)30-11-13-36-14-12-30)25(34)31-9-7-27(8-10-31)21-3-1-2-4-22(21)29-26(35)37-27/h1-6,15-16H,7-14,17H2,(H,29,35). The Morgan fingerprint density at radius 2 is 1.76 bits per heavy atom. The third kappa shape index (κ3) is 4.32. The highest BCUT2D eigenvalue weighted by Gasteiger charge is 2.45. The highest BCUT2D eigenvalue weighted by molar-refractivity contribution is 6.31. The topological polar surface area (TPSA) is 93.1 Å². The minimum absolute atomic E-state index is 0.0227. The van der Waals surface area contributed by atoms with E-state index in [9.17, 15) is 14.4 Å². The van der Waals surface area contributed by atoms with E-state index in [1.54, 1.807) is 28.1 Å². The molecule has 6 rings (SSSR count). The minimum Gasteiger partial charge on any atom is -0.438 e. The Bertz CT molecular complexity index is 1390. The third-order valence-corrected chi connectivity index (χ3v) is 7.78. The fourth-order valence-corrected chi connectivity index (χ4v) is 5.76. The first kappa shape index (κ1) is 23.8. The largest absolute Gasteiger partial charge is 0.438 e. The molecule has 192 valence electrons. The number of carbonyl (C=O) groups is 3. The summed E-state index contributed by atoms with van der Waals surface area (Å²) < 4.78 is 13.0. The number of hydrogen-bond acceptors (Lipinski definition) is 5.